The maximum absolute atomic E-state index is 13.5. The Hall–Kier alpha value is -4.19. The lowest BCUT2D eigenvalue weighted by Crippen LogP contribution is -2.40. The van der Waals surface area contributed by atoms with Crippen LogP contribution in [0.4, 0.5) is 5.82 Å². The standard InChI is InChI=1S/C32H34N4O2/c1-2-3-13-20-35(32(38)28-21-27(28)24-14-7-4-8-15-24)23-31(37)33-30-22-29(25-16-9-5-10-17-25)34-36(30)26-18-11-6-12-19-26/h4-12,14-19,22,27-28H,2-3,13,20-21,23H2,1H3,(H,33,37). The summed E-state index contributed by atoms with van der Waals surface area (Å²) >= 11 is 0. The number of aromatic nitrogens is 2. The Bertz CT molecular complexity index is 1350. The van der Waals surface area contributed by atoms with Crippen LogP contribution >= 0.6 is 0 Å². The molecular weight excluding hydrogens is 472 g/mol. The van der Waals surface area contributed by atoms with E-state index >= 15 is 0 Å². The van der Waals surface area contributed by atoms with E-state index < -0.39 is 0 Å². The summed E-state index contributed by atoms with van der Waals surface area (Å²) in [6.45, 7) is 2.76. The van der Waals surface area contributed by atoms with Crippen LogP contribution in [0.3, 0.4) is 0 Å². The fourth-order valence-corrected chi connectivity index (χ4v) is 4.93. The van der Waals surface area contributed by atoms with E-state index in [1.165, 1.54) is 5.56 Å². The van der Waals surface area contributed by atoms with Crippen LogP contribution in [0.2, 0.25) is 0 Å². The zero-order chi connectivity index (χ0) is 26.3. The highest BCUT2D eigenvalue weighted by Crippen LogP contribution is 2.48. The molecule has 0 aliphatic heterocycles. The number of nitrogens with zero attached hydrogens (tertiary/aromatic N) is 3. The number of amides is 2. The molecule has 1 heterocycles. The van der Waals surface area contributed by atoms with E-state index in [1.54, 1.807) is 9.58 Å². The van der Waals surface area contributed by atoms with Crippen LogP contribution < -0.4 is 5.32 Å². The summed E-state index contributed by atoms with van der Waals surface area (Å²) < 4.78 is 1.75. The van der Waals surface area contributed by atoms with Crippen LogP contribution in [0.25, 0.3) is 16.9 Å². The molecule has 2 unspecified atom stereocenters. The van der Waals surface area contributed by atoms with E-state index in [1.807, 2.05) is 84.9 Å². The Balaban J connectivity index is 1.33. The summed E-state index contributed by atoms with van der Waals surface area (Å²) in [5, 5.41) is 7.83. The lowest BCUT2D eigenvalue weighted by Gasteiger charge is -2.22. The summed E-state index contributed by atoms with van der Waals surface area (Å²) in [6, 6.07) is 31.7. The van der Waals surface area contributed by atoms with Gasteiger partial charge in [-0.1, -0.05) is 98.6 Å². The molecule has 5 rings (SSSR count). The van der Waals surface area contributed by atoms with E-state index in [0.717, 1.165) is 42.6 Å². The van der Waals surface area contributed by atoms with Gasteiger partial charge < -0.3 is 10.2 Å². The van der Waals surface area contributed by atoms with Crippen molar-refractivity contribution in [1.29, 1.82) is 0 Å². The molecule has 2 amide bonds. The van der Waals surface area contributed by atoms with Gasteiger partial charge in [0.15, 0.2) is 0 Å². The van der Waals surface area contributed by atoms with Gasteiger partial charge in [0, 0.05) is 24.1 Å². The van der Waals surface area contributed by atoms with E-state index in [9.17, 15) is 9.59 Å². The molecule has 2 atom stereocenters. The molecule has 6 heteroatoms. The Morgan fingerprint density at radius 3 is 2.26 bits per heavy atom. The van der Waals surface area contributed by atoms with Crippen LogP contribution in [-0.2, 0) is 9.59 Å². The van der Waals surface area contributed by atoms with Gasteiger partial charge in [-0.15, -0.1) is 0 Å². The minimum absolute atomic E-state index is 0.0290. The number of carbonyl (C=O) groups is 2. The highest BCUT2D eigenvalue weighted by Gasteiger charge is 2.45. The largest absolute Gasteiger partial charge is 0.333 e. The maximum Gasteiger partial charge on any atom is 0.245 e. The molecule has 0 spiro atoms. The zero-order valence-corrected chi connectivity index (χ0v) is 21.8. The van der Waals surface area contributed by atoms with Crippen LogP contribution in [0.1, 0.15) is 44.1 Å². The van der Waals surface area contributed by atoms with Crippen LogP contribution in [0, 0.1) is 5.92 Å². The van der Waals surface area contributed by atoms with E-state index in [2.05, 4.69) is 24.4 Å². The molecule has 1 fully saturated rings. The first-order chi connectivity index (χ1) is 18.6. The van der Waals surface area contributed by atoms with Crippen LogP contribution in [0.5, 0.6) is 0 Å². The third kappa shape index (κ3) is 6.02. The van der Waals surface area contributed by atoms with Crippen molar-refractivity contribution < 1.29 is 9.59 Å². The maximum atomic E-state index is 13.5. The molecule has 6 nitrogen and oxygen atoms in total. The van der Waals surface area contributed by atoms with Crippen molar-refractivity contribution >= 4 is 17.6 Å². The van der Waals surface area contributed by atoms with E-state index in [4.69, 9.17) is 5.10 Å². The predicted molar refractivity (Wildman–Crippen MR) is 151 cm³/mol. The van der Waals surface area contributed by atoms with Crippen LogP contribution in [-0.4, -0.2) is 39.6 Å². The lowest BCUT2D eigenvalue weighted by molar-refractivity contribution is -0.136. The fraction of sp³-hybridized carbons (Fsp3) is 0.281. The van der Waals surface area contributed by atoms with E-state index in [-0.39, 0.29) is 30.2 Å². The number of para-hydroxylation sites is 1. The van der Waals surface area contributed by atoms with Gasteiger partial charge in [-0.2, -0.15) is 5.10 Å². The highest BCUT2D eigenvalue weighted by atomic mass is 16.2. The molecule has 3 aromatic carbocycles. The molecule has 1 aromatic heterocycles. The summed E-state index contributed by atoms with van der Waals surface area (Å²) in [4.78, 5) is 28.6. The van der Waals surface area contributed by atoms with Crippen molar-refractivity contribution in [2.24, 2.45) is 5.92 Å². The summed E-state index contributed by atoms with van der Waals surface area (Å²) in [5.41, 5.74) is 3.78. The SMILES string of the molecule is CCCCCN(CC(=O)Nc1cc(-c2ccccc2)nn1-c1ccccc1)C(=O)C1CC1c1ccccc1. The second-order valence-corrected chi connectivity index (χ2v) is 9.90. The number of hydrogen-bond acceptors (Lipinski definition) is 3. The quantitative estimate of drug-likeness (QED) is 0.243. The van der Waals surface area contributed by atoms with Crippen molar-refractivity contribution in [3.8, 4) is 16.9 Å². The molecule has 1 aliphatic rings. The van der Waals surface area contributed by atoms with Gasteiger partial charge >= 0.3 is 0 Å². The molecule has 1 saturated carbocycles. The lowest BCUT2D eigenvalue weighted by atomic mass is 10.1. The number of carbonyl (C=O) groups excluding carboxylic acids is 2. The molecule has 1 aliphatic carbocycles. The molecule has 194 valence electrons. The average Bonchev–Trinajstić information content (AvgIpc) is 3.66. The van der Waals surface area contributed by atoms with Gasteiger partial charge in [-0.25, -0.2) is 4.68 Å². The Kier molecular flexibility index (Phi) is 7.98. The van der Waals surface area contributed by atoms with Gasteiger partial charge in [0.1, 0.15) is 5.82 Å². The number of rotatable bonds is 11. The number of hydrogen-bond donors (Lipinski definition) is 1. The number of benzene rings is 3. The van der Waals surface area contributed by atoms with Crippen molar-refractivity contribution in [3.63, 3.8) is 0 Å². The summed E-state index contributed by atoms with van der Waals surface area (Å²) in [6.07, 6.45) is 3.82. The number of nitrogens with one attached hydrogen (secondary N) is 1. The molecule has 0 bridgehead atoms. The second-order valence-electron chi connectivity index (χ2n) is 9.90. The topological polar surface area (TPSA) is 67.2 Å². The third-order valence-electron chi connectivity index (χ3n) is 7.06. The smallest absolute Gasteiger partial charge is 0.245 e. The third-order valence-corrected chi connectivity index (χ3v) is 7.06. The normalized spacial score (nSPS) is 16.1. The zero-order valence-electron chi connectivity index (χ0n) is 21.8. The molecule has 0 radical (unpaired) electrons. The Morgan fingerprint density at radius 1 is 0.921 bits per heavy atom. The van der Waals surface area contributed by atoms with Gasteiger partial charge in [0.05, 0.1) is 17.9 Å². The Morgan fingerprint density at radius 2 is 1.58 bits per heavy atom. The first-order valence-electron chi connectivity index (χ1n) is 13.5. The minimum Gasteiger partial charge on any atom is -0.333 e. The molecule has 38 heavy (non-hydrogen) atoms. The van der Waals surface area contributed by atoms with E-state index in [0.29, 0.717) is 12.4 Å². The van der Waals surface area contributed by atoms with Crippen molar-refractivity contribution in [1.82, 2.24) is 14.7 Å². The number of anilines is 1. The predicted octanol–water partition coefficient (Wildman–Crippen LogP) is 6.30. The van der Waals surface area contributed by atoms with Crippen molar-refractivity contribution in [2.75, 3.05) is 18.4 Å². The van der Waals surface area contributed by atoms with Gasteiger partial charge in [-0.05, 0) is 36.5 Å². The molecule has 4 aromatic rings. The summed E-state index contributed by atoms with van der Waals surface area (Å²) in [7, 11) is 0. The van der Waals surface area contributed by atoms with Crippen molar-refractivity contribution in [3.05, 3.63) is 103 Å². The first-order valence-corrected chi connectivity index (χ1v) is 13.5. The molecular formula is C32H34N4O2. The number of unbranched alkanes of at least 4 members (excludes halogenated alkanes) is 2. The Labute approximate surface area is 224 Å². The summed E-state index contributed by atoms with van der Waals surface area (Å²) in [5.74, 6) is 0.629. The first kappa shape index (κ1) is 25.5. The molecule has 0 saturated heterocycles. The van der Waals surface area contributed by atoms with Gasteiger partial charge in [0.25, 0.3) is 0 Å². The monoisotopic (exact) mass is 506 g/mol. The minimum atomic E-state index is -0.219. The van der Waals surface area contributed by atoms with Gasteiger partial charge in [0.2, 0.25) is 11.8 Å². The van der Waals surface area contributed by atoms with Crippen LogP contribution in [0.15, 0.2) is 97.1 Å². The van der Waals surface area contributed by atoms with Crippen molar-refractivity contribution in [2.45, 2.75) is 38.5 Å². The highest BCUT2D eigenvalue weighted by molar-refractivity contribution is 5.95. The van der Waals surface area contributed by atoms with Gasteiger partial charge in [-0.3, -0.25) is 9.59 Å². The molecule has 1 N–H and O–H groups in total. The average molecular weight is 507 g/mol. The second kappa shape index (κ2) is 11.9. The fourth-order valence-electron chi connectivity index (χ4n) is 4.93.